The molecule has 2 unspecified atom stereocenters. The highest BCUT2D eigenvalue weighted by molar-refractivity contribution is 6.30. The van der Waals surface area contributed by atoms with Crippen molar-refractivity contribution in [3.63, 3.8) is 0 Å². The largest absolute Gasteiger partial charge is 0.444 e. The Kier molecular flexibility index (Phi) is 5.27. The van der Waals surface area contributed by atoms with E-state index in [-0.39, 0.29) is 12.0 Å². The van der Waals surface area contributed by atoms with E-state index in [1.165, 1.54) is 0 Å². The zero-order chi connectivity index (χ0) is 17.3. The third-order valence-electron chi connectivity index (χ3n) is 4.28. The van der Waals surface area contributed by atoms with Gasteiger partial charge in [0.2, 0.25) is 0 Å². The summed E-state index contributed by atoms with van der Waals surface area (Å²) in [6.45, 7) is 8.50. The number of nitrogens with zero attached hydrogens (tertiary/aromatic N) is 1. The van der Waals surface area contributed by atoms with Crippen molar-refractivity contribution in [3.8, 4) is 0 Å². The van der Waals surface area contributed by atoms with Gasteiger partial charge in [0.15, 0.2) is 0 Å². The zero-order valence-electron chi connectivity index (χ0n) is 14.3. The quantitative estimate of drug-likeness (QED) is 0.878. The predicted octanol–water partition coefficient (Wildman–Crippen LogP) is 4.19. The van der Waals surface area contributed by atoms with Crippen molar-refractivity contribution in [2.45, 2.75) is 51.7 Å². The third kappa shape index (κ3) is 4.61. The molecule has 23 heavy (non-hydrogen) atoms. The molecule has 1 saturated heterocycles. The Morgan fingerprint density at radius 1 is 1.35 bits per heavy atom. The average Bonchev–Trinajstić information content (AvgIpc) is 2.45. The zero-order valence-corrected chi connectivity index (χ0v) is 15.1. The second-order valence-electron chi connectivity index (χ2n) is 7.42. The van der Waals surface area contributed by atoms with Crippen molar-refractivity contribution in [2.24, 2.45) is 5.92 Å². The fraction of sp³-hybridized carbons (Fsp3) is 0.611. The monoisotopic (exact) mass is 339 g/mol. The lowest BCUT2D eigenvalue weighted by Gasteiger charge is -2.41. The van der Waals surface area contributed by atoms with Crippen molar-refractivity contribution in [3.05, 3.63) is 34.9 Å². The van der Waals surface area contributed by atoms with Gasteiger partial charge >= 0.3 is 6.09 Å². The van der Waals surface area contributed by atoms with Gasteiger partial charge < -0.3 is 14.7 Å². The number of carbonyl (C=O) groups is 1. The summed E-state index contributed by atoms with van der Waals surface area (Å²) in [4.78, 5) is 14.0. The van der Waals surface area contributed by atoms with E-state index in [0.29, 0.717) is 18.1 Å². The highest BCUT2D eigenvalue weighted by Crippen LogP contribution is 2.36. The lowest BCUT2D eigenvalue weighted by atomic mass is 9.78. The van der Waals surface area contributed by atoms with Gasteiger partial charge in [0.05, 0.1) is 5.60 Å². The standard InChI is InChI=1S/C18H26ClNO3/c1-17(2,3)23-16(21)20-10-6-8-14(12-20)18(4,22)13-7-5-9-15(19)11-13/h5,7,9,11,14,22H,6,8,10,12H2,1-4H3. The van der Waals surface area contributed by atoms with Crippen molar-refractivity contribution in [1.82, 2.24) is 4.90 Å². The maximum Gasteiger partial charge on any atom is 0.410 e. The Labute approximate surface area is 143 Å². The smallest absolute Gasteiger partial charge is 0.410 e. The van der Waals surface area contributed by atoms with Gasteiger partial charge in [-0.25, -0.2) is 4.79 Å². The van der Waals surface area contributed by atoms with Gasteiger partial charge in [-0.05, 0) is 58.2 Å². The number of likely N-dealkylation sites (tertiary alicyclic amines) is 1. The van der Waals surface area contributed by atoms with Crippen LogP contribution in [-0.4, -0.2) is 34.8 Å². The van der Waals surface area contributed by atoms with E-state index in [1.54, 1.807) is 24.0 Å². The molecule has 1 aliphatic heterocycles. The molecule has 1 aliphatic rings. The lowest BCUT2D eigenvalue weighted by Crippen LogP contribution is -2.48. The molecule has 128 valence electrons. The number of hydrogen-bond acceptors (Lipinski definition) is 3. The fourth-order valence-electron chi connectivity index (χ4n) is 2.97. The molecule has 4 nitrogen and oxygen atoms in total. The van der Waals surface area contributed by atoms with Crippen LogP contribution in [0.1, 0.15) is 46.1 Å². The molecular weight excluding hydrogens is 314 g/mol. The summed E-state index contributed by atoms with van der Waals surface area (Å²) in [6.07, 6.45) is 1.39. The normalized spacial score (nSPS) is 21.7. The van der Waals surface area contributed by atoms with Crippen LogP contribution in [0.4, 0.5) is 4.79 Å². The molecule has 1 amide bonds. The van der Waals surface area contributed by atoms with E-state index in [1.807, 2.05) is 32.9 Å². The van der Waals surface area contributed by atoms with E-state index < -0.39 is 11.2 Å². The first kappa shape index (κ1) is 18.1. The van der Waals surface area contributed by atoms with Crippen LogP contribution >= 0.6 is 11.6 Å². The molecule has 5 heteroatoms. The van der Waals surface area contributed by atoms with Crippen LogP contribution in [0.15, 0.2) is 24.3 Å². The molecule has 0 spiro atoms. The summed E-state index contributed by atoms with van der Waals surface area (Å²) >= 11 is 6.05. The molecule has 0 aliphatic carbocycles. The first-order chi connectivity index (χ1) is 10.6. The number of piperidine rings is 1. The molecule has 1 heterocycles. The Hall–Kier alpha value is -1.26. The molecule has 0 aromatic heterocycles. The molecule has 0 radical (unpaired) electrons. The molecule has 2 rings (SSSR count). The predicted molar refractivity (Wildman–Crippen MR) is 91.6 cm³/mol. The topological polar surface area (TPSA) is 49.8 Å². The van der Waals surface area contributed by atoms with Crippen LogP contribution in [0.3, 0.4) is 0 Å². The van der Waals surface area contributed by atoms with Crippen LogP contribution in [0, 0.1) is 5.92 Å². The molecular formula is C18H26ClNO3. The Morgan fingerprint density at radius 3 is 2.65 bits per heavy atom. The van der Waals surface area contributed by atoms with Crippen molar-refractivity contribution in [1.29, 1.82) is 0 Å². The van der Waals surface area contributed by atoms with Gasteiger partial charge in [-0.3, -0.25) is 0 Å². The second-order valence-corrected chi connectivity index (χ2v) is 7.86. The summed E-state index contributed by atoms with van der Waals surface area (Å²) in [5, 5.41) is 11.6. The number of rotatable bonds is 2. The molecule has 1 aromatic carbocycles. The first-order valence-electron chi connectivity index (χ1n) is 8.06. The number of benzene rings is 1. The summed E-state index contributed by atoms with van der Waals surface area (Å²) in [5.74, 6) is -0.0535. The number of amides is 1. The van der Waals surface area contributed by atoms with Crippen LogP contribution in [0.2, 0.25) is 5.02 Å². The number of hydrogen-bond donors (Lipinski definition) is 1. The summed E-state index contributed by atoms with van der Waals surface area (Å²) in [5.41, 5.74) is -0.772. The minimum absolute atomic E-state index is 0.0535. The van der Waals surface area contributed by atoms with Crippen LogP contribution in [-0.2, 0) is 10.3 Å². The summed E-state index contributed by atoms with van der Waals surface area (Å²) in [6, 6.07) is 7.28. The van der Waals surface area contributed by atoms with Gasteiger partial charge in [-0.1, -0.05) is 23.7 Å². The SMILES string of the molecule is CC(C)(C)OC(=O)N1CCCC(C(C)(O)c2cccc(Cl)c2)C1. The highest BCUT2D eigenvalue weighted by atomic mass is 35.5. The highest BCUT2D eigenvalue weighted by Gasteiger charge is 2.38. The van der Waals surface area contributed by atoms with Crippen LogP contribution in [0.25, 0.3) is 0 Å². The Balaban J connectivity index is 2.12. The van der Waals surface area contributed by atoms with Gasteiger partial charge in [-0.2, -0.15) is 0 Å². The van der Waals surface area contributed by atoms with E-state index in [9.17, 15) is 9.90 Å². The minimum atomic E-state index is -1.04. The second kappa shape index (κ2) is 6.70. The van der Waals surface area contributed by atoms with Crippen LogP contribution < -0.4 is 0 Å². The van der Waals surface area contributed by atoms with E-state index in [4.69, 9.17) is 16.3 Å². The van der Waals surface area contributed by atoms with Crippen molar-refractivity contribution >= 4 is 17.7 Å². The van der Waals surface area contributed by atoms with Crippen molar-refractivity contribution < 1.29 is 14.6 Å². The summed E-state index contributed by atoms with van der Waals surface area (Å²) < 4.78 is 5.45. The van der Waals surface area contributed by atoms with Gasteiger partial charge in [0.1, 0.15) is 5.60 Å². The molecule has 0 saturated carbocycles. The molecule has 1 N–H and O–H groups in total. The fourth-order valence-corrected chi connectivity index (χ4v) is 3.16. The van der Waals surface area contributed by atoms with E-state index in [0.717, 1.165) is 18.4 Å². The number of carbonyl (C=O) groups excluding carboxylic acids is 1. The maximum atomic E-state index is 12.3. The number of ether oxygens (including phenoxy) is 1. The third-order valence-corrected chi connectivity index (χ3v) is 4.51. The van der Waals surface area contributed by atoms with Gasteiger partial charge in [0, 0.05) is 24.0 Å². The lowest BCUT2D eigenvalue weighted by molar-refractivity contribution is -0.0438. The summed E-state index contributed by atoms with van der Waals surface area (Å²) in [7, 11) is 0. The molecule has 0 bridgehead atoms. The number of aliphatic hydroxyl groups is 1. The maximum absolute atomic E-state index is 12.3. The van der Waals surface area contributed by atoms with Gasteiger partial charge in [-0.15, -0.1) is 0 Å². The molecule has 1 fully saturated rings. The average molecular weight is 340 g/mol. The molecule has 1 aromatic rings. The Morgan fingerprint density at radius 2 is 2.04 bits per heavy atom. The van der Waals surface area contributed by atoms with Crippen LogP contribution in [0.5, 0.6) is 0 Å². The first-order valence-corrected chi connectivity index (χ1v) is 8.44. The van der Waals surface area contributed by atoms with Crippen molar-refractivity contribution in [2.75, 3.05) is 13.1 Å². The minimum Gasteiger partial charge on any atom is -0.444 e. The Bertz CT molecular complexity index is 566. The van der Waals surface area contributed by atoms with E-state index in [2.05, 4.69) is 0 Å². The molecule has 2 atom stereocenters. The van der Waals surface area contributed by atoms with E-state index >= 15 is 0 Å². The van der Waals surface area contributed by atoms with Gasteiger partial charge in [0.25, 0.3) is 0 Å². The number of halogens is 1.